The molecule has 2 aromatic heterocycles. The summed E-state index contributed by atoms with van der Waals surface area (Å²) >= 11 is 0. The van der Waals surface area contributed by atoms with Crippen molar-refractivity contribution in [1.29, 1.82) is 0 Å². The number of benzene rings is 1. The Morgan fingerprint density at radius 2 is 1.82 bits per heavy atom. The number of carbonyl (C=O) groups is 2. The summed E-state index contributed by atoms with van der Waals surface area (Å²) in [6, 6.07) is 12.9. The van der Waals surface area contributed by atoms with E-state index in [1.807, 2.05) is 30.3 Å². The van der Waals surface area contributed by atoms with Crippen molar-refractivity contribution in [3.63, 3.8) is 0 Å². The summed E-state index contributed by atoms with van der Waals surface area (Å²) in [5, 5.41) is 20.8. The zero-order valence-electron chi connectivity index (χ0n) is 21.9. The smallest absolute Gasteiger partial charge is 0.407 e. The number of hydrogen-bond acceptors (Lipinski definition) is 8. The van der Waals surface area contributed by atoms with Gasteiger partial charge in [-0.1, -0.05) is 30.3 Å². The van der Waals surface area contributed by atoms with E-state index >= 15 is 0 Å². The highest BCUT2D eigenvalue weighted by Gasteiger charge is 2.41. The number of nitrogen functional groups attached to an aromatic ring is 1. The minimum Gasteiger partial charge on any atom is -0.465 e. The molecule has 40 heavy (non-hydrogen) atoms. The van der Waals surface area contributed by atoms with Gasteiger partial charge in [-0.05, 0) is 37.0 Å². The quantitative estimate of drug-likeness (QED) is 0.419. The number of carboxylic acid groups (broad SMARTS) is 1. The van der Waals surface area contributed by atoms with Crippen molar-refractivity contribution in [2.75, 3.05) is 31.9 Å². The van der Waals surface area contributed by atoms with Crippen LogP contribution < -0.4 is 16.0 Å². The van der Waals surface area contributed by atoms with Gasteiger partial charge in [0.25, 0.3) is 5.56 Å². The van der Waals surface area contributed by atoms with Crippen LogP contribution in [0.4, 0.5) is 10.5 Å². The third kappa shape index (κ3) is 5.76. The van der Waals surface area contributed by atoms with Crippen molar-refractivity contribution >= 4 is 17.7 Å². The lowest BCUT2D eigenvalue weighted by atomic mass is 9.79. The third-order valence-corrected chi connectivity index (χ3v) is 7.78. The first-order valence-electron chi connectivity index (χ1n) is 13.2. The minimum absolute atomic E-state index is 0.0259. The fraction of sp³-hybridized carbons (Fsp3) is 0.393. The Kier molecular flexibility index (Phi) is 7.69. The normalized spacial score (nSPS) is 20.6. The summed E-state index contributed by atoms with van der Waals surface area (Å²) in [7, 11) is 0. The highest BCUT2D eigenvalue weighted by molar-refractivity contribution is 5.80. The molecule has 2 atom stereocenters. The van der Waals surface area contributed by atoms with Gasteiger partial charge in [0.15, 0.2) is 5.69 Å². The molecule has 12 heteroatoms. The molecular formula is C28H32N6O6. The van der Waals surface area contributed by atoms with E-state index in [9.17, 15) is 24.6 Å². The SMILES string of the molecule is Nc1c(Oc2cccnc2)ncn(CC2(O)CCN(C(=O)[C@@H]3CCN(C(=O)O)C[C@H]3c3ccccc3)CC2)c1=O. The van der Waals surface area contributed by atoms with Gasteiger partial charge in [-0.2, -0.15) is 0 Å². The maximum absolute atomic E-state index is 13.6. The Morgan fingerprint density at radius 3 is 2.50 bits per heavy atom. The number of pyridine rings is 1. The van der Waals surface area contributed by atoms with Gasteiger partial charge in [-0.15, -0.1) is 0 Å². The van der Waals surface area contributed by atoms with Crippen molar-refractivity contribution in [3.05, 3.63) is 77.1 Å². The predicted octanol–water partition coefficient (Wildman–Crippen LogP) is 2.15. The molecular weight excluding hydrogens is 516 g/mol. The maximum Gasteiger partial charge on any atom is 0.407 e. The number of anilines is 1. The van der Waals surface area contributed by atoms with E-state index < -0.39 is 17.3 Å². The second-order valence-electron chi connectivity index (χ2n) is 10.4. The summed E-state index contributed by atoms with van der Waals surface area (Å²) in [6.07, 6.45) is 4.33. The van der Waals surface area contributed by atoms with Crippen molar-refractivity contribution < 1.29 is 24.5 Å². The predicted molar refractivity (Wildman–Crippen MR) is 145 cm³/mol. The standard InChI is InChI=1S/C28H32N6O6/c29-23-24(40-20-7-4-11-30-15-20)31-18-34(26(23)36)17-28(39)9-13-32(14-10-28)25(35)21-8-12-33(27(37)38)16-22(21)19-5-2-1-3-6-19/h1-7,11,15,18,21-22,39H,8-10,12-14,16-17,29H2,(H,37,38)/t21-,22+/m1/s1. The van der Waals surface area contributed by atoms with Crippen LogP contribution in [0, 0.1) is 5.92 Å². The lowest BCUT2D eigenvalue weighted by molar-refractivity contribution is -0.142. The van der Waals surface area contributed by atoms with Gasteiger partial charge in [0, 0.05) is 44.2 Å². The summed E-state index contributed by atoms with van der Waals surface area (Å²) in [5.74, 6) is -0.301. The largest absolute Gasteiger partial charge is 0.465 e. The van der Waals surface area contributed by atoms with Crippen LogP contribution in [0.3, 0.4) is 0 Å². The summed E-state index contributed by atoms with van der Waals surface area (Å²) in [6.45, 7) is 1.16. The Bertz CT molecular complexity index is 1410. The molecule has 0 bridgehead atoms. The molecule has 0 radical (unpaired) electrons. The highest BCUT2D eigenvalue weighted by atomic mass is 16.5. The fourth-order valence-electron chi connectivity index (χ4n) is 5.52. The molecule has 4 heterocycles. The van der Waals surface area contributed by atoms with Gasteiger partial charge in [-0.25, -0.2) is 9.78 Å². The van der Waals surface area contributed by atoms with Crippen LogP contribution in [0.1, 0.15) is 30.7 Å². The molecule has 2 amide bonds. The number of likely N-dealkylation sites (tertiary alicyclic amines) is 2. The molecule has 4 N–H and O–H groups in total. The number of ether oxygens (including phenoxy) is 1. The fourth-order valence-corrected chi connectivity index (χ4v) is 5.52. The maximum atomic E-state index is 13.6. The minimum atomic E-state index is -1.23. The Balaban J connectivity index is 1.24. The van der Waals surface area contributed by atoms with Gasteiger partial charge in [0.2, 0.25) is 11.8 Å². The van der Waals surface area contributed by atoms with E-state index in [-0.39, 0.29) is 55.2 Å². The van der Waals surface area contributed by atoms with Crippen LogP contribution in [0.25, 0.3) is 0 Å². The van der Waals surface area contributed by atoms with Gasteiger partial charge >= 0.3 is 6.09 Å². The van der Waals surface area contributed by atoms with Crippen LogP contribution in [-0.4, -0.2) is 78.3 Å². The van der Waals surface area contributed by atoms with E-state index in [4.69, 9.17) is 10.5 Å². The lowest BCUT2D eigenvalue weighted by Crippen LogP contribution is -2.53. The highest BCUT2D eigenvalue weighted by Crippen LogP contribution is 2.35. The van der Waals surface area contributed by atoms with Crippen LogP contribution >= 0.6 is 0 Å². The molecule has 2 aliphatic heterocycles. The number of aromatic nitrogens is 3. The third-order valence-electron chi connectivity index (χ3n) is 7.78. The van der Waals surface area contributed by atoms with Crippen LogP contribution in [0.5, 0.6) is 11.6 Å². The topological polar surface area (TPSA) is 164 Å². The zero-order chi connectivity index (χ0) is 28.3. The van der Waals surface area contributed by atoms with E-state index in [2.05, 4.69) is 9.97 Å². The van der Waals surface area contributed by atoms with Crippen LogP contribution in [0.15, 0.2) is 66.0 Å². The summed E-state index contributed by atoms with van der Waals surface area (Å²) < 4.78 is 6.82. The molecule has 2 fully saturated rings. The molecule has 210 valence electrons. The number of carbonyl (C=O) groups excluding carboxylic acids is 1. The number of piperidine rings is 2. The first kappa shape index (κ1) is 27.1. The number of hydrogen-bond donors (Lipinski definition) is 3. The molecule has 5 rings (SSSR count). The molecule has 2 aliphatic rings. The molecule has 3 aromatic rings. The molecule has 12 nitrogen and oxygen atoms in total. The summed E-state index contributed by atoms with van der Waals surface area (Å²) in [5.41, 5.74) is 4.99. The van der Waals surface area contributed by atoms with Gasteiger partial charge in [-0.3, -0.25) is 19.1 Å². The Morgan fingerprint density at radius 1 is 1.07 bits per heavy atom. The van der Waals surface area contributed by atoms with Gasteiger partial charge in [0.05, 0.1) is 18.3 Å². The van der Waals surface area contributed by atoms with E-state index in [0.29, 0.717) is 31.8 Å². The van der Waals surface area contributed by atoms with Crippen molar-refractivity contribution in [3.8, 4) is 11.6 Å². The van der Waals surface area contributed by atoms with Gasteiger partial charge in [0.1, 0.15) is 12.1 Å². The van der Waals surface area contributed by atoms with Gasteiger partial charge < -0.3 is 30.5 Å². The first-order chi connectivity index (χ1) is 19.2. The van der Waals surface area contributed by atoms with Crippen LogP contribution in [-0.2, 0) is 11.3 Å². The Hall–Kier alpha value is -4.45. The monoisotopic (exact) mass is 548 g/mol. The number of nitrogens with two attached hydrogens (primary N) is 1. The number of amides is 2. The summed E-state index contributed by atoms with van der Waals surface area (Å²) in [4.78, 5) is 49.4. The van der Waals surface area contributed by atoms with Crippen molar-refractivity contribution in [1.82, 2.24) is 24.3 Å². The second-order valence-corrected chi connectivity index (χ2v) is 10.4. The van der Waals surface area contributed by atoms with Crippen molar-refractivity contribution in [2.24, 2.45) is 5.92 Å². The first-order valence-corrected chi connectivity index (χ1v) is 13.2. The van der Waals surface area contributed by atoms with Crippen LogP contribution in [0.2, 0.25) is 0 Å². The number of rotatable bonds is 6. The second kappa shape index (κ2) is 11.3. The average molecular weight is 549 g/mol. The van der Waals surface area contributed by atoms with Crippen molar-refractivity contribution in [2.45, 2.75) is 37.3 Å². The van der Waals surface area contributed by atoms with E-state index in [1.54, 1.807) is 23.2 Å². The van der Waals surface area contributed by atoms with E-state index in [1.165, 1.54) is 22.0 Å². The Labute approximate surface area is 230 Å². The molecule has 1 aromatic carbocycles. The molecule has 2 saturated heterocycles. The lowest BCUT2D eigenvalue weighted by Gasteiger charge is -2.42. The molecule has 0 unspecified atom stereocenters. The molecule has 0 spiro atoms. The zero-order valence-corrected chi connectivity index (χ0v) is 21.9. The number of nitrogens with zero attached hydrogens (tertiary/aromatic N) is 5. The molecule has 0 saturated carbocycles. The average Bonchev–Trinajstić information content (AvgIpc) is 2.97. The molecule has 0 aliphatic carbocycles. The van der Waals surface area contributed by atoms with E-state index in [0.717, 1.165) is 5.56 Å². The number of aliphatic hydroxyl groups is 1.